The van der Waals surface area contributed by atoms with Gasteiger partial charge in [0, 0.05) is 39.2 Å². The zero-order chi connectivity index (χ0) is 45.4. The van der Waals surface area contributed by atoms with Gasteiger partial charge in [-0.1, -0.05) is 191 Å². The SMILES string of the molecule is CC(C)(C)C1=CC=C(c2ccc3c(c2)N(c2cccc(-c4ccc(C(C)(C)C)cc4)c2)c2c(c(-c4cc(C(C)(C)C)ccc4NC4(C)CCCCC4(C)C)cc4ccccc24)[B]3)CC1. The molecule has 6 aromatic rings. The number of rotatable bonds is 6. The average Bonchev–Trinajstić information content (AvgIpc) is 3.25. The maximum Gasteiger partial charge on any atom is 0.197 e. The monoisotopic (exact) mass is 842 g/mol. The second-order valence-electron chi connectivity index (χ2n) is 23.2. The van der Waals surface area contributed by atoms with E-state index in [4.69, 9.17) is 0 Å². The summed E-state index contributed by atoms with van der Waals surface area (Å²) in [5.74, 6) is 0. The second kappa shape index (κ2) is 16.0. The van der Waals surface area contributed by atoms with Gasteiger partial charge in [-0.05, 0) is 140 Å². The number of fused-ring (bicyclic) bond motifs is 4. The zero-order valence-electron chi connectivity index (χ0n) is 40.9. The molecule has 0 amide bonds. The first-order chi connectivity index (χ1) is 30.2. The van der Waals surface area contributed by atoms with Crippen LogP contribution in [0.15, 0.2) is 133 Å². The number of hydrogen-bond acceptors (Lipinski definition) is 2. The van der Waals surface area contributed by atoms with Crippen molar-refractivity contribution in [3.05, 3.63) is 150 Å². The Morgan fingerprint density at radius 3 is 1.97 bits per heavy atom. The number of anilines is 4. The lowest BCUT2D eigenvalue weighted by atomic mass is 9.57. The maximum atomic E-state index is 4.27. The third kappa shape index (κ3) is 8.18. The molecule has 64 heavy (non-hydrogen) atoms. The quantitative estimate of drug-likeness (QED) is 0.168. The van der Waals surface area contributed by atoms with Crippen LogP contribution in [0.3, 0.4) is 0 Å². The van der Waals surface area contributed by atoms with Crippen molar-refractivity contribution < 1.29 is 0 Å². The molecule has 1 N–H and O–H groups in total. The molecule has 0 aromatic heterocycles. The van der Waals surface area contributed by atoms with Crippen molar-refractivity contribution in [2.24, 2.45) is 10.8 Å². The normalized spacial score (nSPS) is 18.7. The molecule has 2 nitrogen and oxygen atoms in total. The van der Waals surface area contributed by atoms with E-state index in [0.717, 1.165) is 19.3 Å². The molecule has 327 valence electrons. The molecule has 1 saturated carbocycles. The molecule has 1 radical (unpaired) electrons. The molecule has 2 aliphatic carbocycles. The van der Waals surface area contributed by atoms with E-state index in [-0.39, 0.29) is 27.2 Å². The molecular formula is C61H70BN2. The first-order valence-electron chi connectivity index (χ1n) is 24.1. The van der Waals surface area contributed by atoms with Crippen LogP contribution in [-0.4, -0.2) is 12.8 Å². The fraction of sp³-hybridized carbons (Fsp3) is 0.377. The second-order valence-corrected chi connectivity index (χ2v) is 23.2. The summed E-state index contributed by atoms with van der Waals surface area (Å²) in [6.45, 7) is 28.3. The summed E-state index contributed by atoms with van der Waals surface area (Å²) >= 11 is 0. The van der Waals surface area contributed by atoms with Crippen LogP contribution in [0.25, 0.3) is 38.6 Å². The standard InChI is InChI=1S/C61H70BN2/c1-57(2,3)45-27-22-40(23-28-45)42-19-17-20-48(36-42)64-54-38-43(41-24-29-46(30-25-41)58(4,5)6)26-32-52(54)62-55-51(37-44-18-13-14-21-49(44)56(55)64)50-39-47(59(7,8)9)31-33-53(50)63-61(12)35-16-15-34-60(61,10)11/h13-14,17-24,26-29,31-33,36-39,63H,15-16,25,30,34-35H2,1-12H3. The van der Waals surface area contributed by atoms with Crippen LogP contribution in [0.5, 0.6) is 0 Å². The number of nitrogens with zero attached hydrogens (tertiary/aromatic N) is 1. The van der Waals surface area contributed by atoms with Gasteiger partial charge in [-0.15, -0.1) is 0 Å². The Morgan fingerprint density at radius 2 is 1.28 bits per heavy atom. The molecule has 1 atom stereocenters. The topological polar surface area (TPSA) is 15.3 Å². The zero-order valence-corrected chi connectivity index (χ0v) is 40.9. The van der Waals surface area contributed by atoms with E-state index in [2.05, 4.69) is 228 Å². The summed E-state index contributed by atoms with van der Waals surface area (Å²) in [6.07, 6.45) is 11.8. The summed E-state index contributed by atoms with van der Waals surface area (Å²) in [5, 5.41) is 6.77. The Hall–Kier alpha value is -5.28. The summed E-state index contributed by atoms with van der Waals surface area (Å²) in [5.41, 5.74) is 19.6. The van der Waals surface area contributed by atoms with Gasteiger partial charge in [-0.25, -0.2) is 0 Å². The van der Waals surface area contributed by atoms with Crippen molar-refractivity contribution in [3.63, 3.8) is 0 Å². The molecular weight excluding hydrogens is 771 g/mol. The number of nitrogens with one attached hydrogen (secondary N) is 1. The van der Waals surface area contributed by atoms with Gasteiger partial charge in [0.25, 0.3) is 0 Å². The molecule has 9 rings (SSSR count). The predicted molar refractivity (Wildman–Crippen MR) is 281 cm³/mol. The van der Waals surface area contributed by atoms with E-state index in [0.29, 0.717) is 0 Å². The van der Waals surface area contributed by atoms with Crippen molar-refractivity contribution in [1.29, 1.82) is 0 Å². The minimum atomic E-state index is -0.0406. The van der Waals surface area contributed by atoms with Gasteiger partial charge in [-0.3, -0.25) is 0 Å². The number of hydrogen-bond donors (Lipinski definition) is 1. The highest BCUT2D eigenvalue weighted by molar-refractivity contribution is 6.74. The van der Waals surface area contributed by atoms with E-state index >= 15 is 0 Å². The molecule has 6 aromatic carbocycles. The Kier molecular flexibility index (Phi) is 11.0. The molecule has 1 heterocycles. The van der Waals surface area contributed by atoms with Crippen LogP contribution in [0, 0.1) is 10.8 Å². The summed E-state index contributed by atoms with van der Waals surface area (Å²) in [4.78, 5) is 2.60. The largest absolute Gasteiger partial charge is 0.379 e. The Balaban J connectivity index is 1.29. The first kappa shape index (κ1) is 44.0. The average molecular weight is 842 g/mol. The van der Waals surface area contributed by atoms with Gasteiger partial charge < -0.3 is 10.2 Å². The minimum Gasteiger partial charge on any atom is -0.379 e. The molecule has 1 unspecified atom stereocenters. The molecule has 0 bridgehead atoms. The highest BCUT2D eigenvalue weighted by atomic mass is 15.2. The Bertz CT molecular complexity index is 2810. The Labute approximate surface area is 386 Å². The smallest absolute Gasteiger partial charge is 0.197 e. The maximum absolute atomic E-state index is 4.27. The number of allylic oxidation sites excluding steroid dienone is 4. The molecule has 3 aliphatic rings. The van der Waals surface area contributed by atoms with Crippen molar-refractivity contribution in [2.45, 2.75) is 138 Å². The lowest BCUT2D eigenvalue weighted by Crippen LogP contribution is -2.50. The highest BCUT2D eigenvalue weighted by Crippen LogP contribution is 2.49. The lowest BCUT2D eigenvalue weighted by molar-refractivity contribution is 0.134. The van der Waals surface area contributed by atoms with Crippen molar-refractivity contribution in [2.75, 3.05) is 10.2 Å². The molecule has 1 fully saturated rings. The fourth-order valence-electron chi connectivity index (χ4n) is 10.6. The van der Waals surface area contributed by atoms with E-state index < -0.39 is 0 Å². The Morgan fingerprint density at radius 1 is 0.578 bits per heavy atom. The van der Waals surface area contributed by atoms with Crippen molar-refractivity contribution >= 4 is 57.3 Å². The van der Waals surface area contributed by atoms with E-state index in [9.17, 15) is 0 Å². The van der Waals surface area contributed by atoms with Crippen LogP contribution < -0.4 is 21.1 Å². The van der Waals surface area contributed by atoms with E-state index in [1.165, 1.54) is 114 Å². The molecule has 0 saturated heterocycles. The first-order valence-corrected chi connectivity index (χ1v) is 24.1. The lowest BCUT2D eigenvalue weighted by Gasteiger charge is -2.49. The highest BCUT2D eigenvalue weighted by Gasteiger charge is 2.43. The molecule has 0 spiro atoms. The van der Waals surface area contributed by atoms with Crippen LogP contribution in [-0.2, 0) is 10.8 Å². The fourth-order valence-corrected chi connectivity index (χ4v) is 10.6. The van der Waals surface area contributed by atoms with Crippen LogP contribution in [0.1, 0.15) is 138 Å². The van der Waals surface area contributed by atoms with Crippen LogP contribution >= 0.6 is 0 Å². The third-order valence-corrected chi connectivity index (χ3v) is 15.3. The van der Waals surface area contributed by atoms with Crippen LogP contribution in [0.4, 0.5) is 22.7 Å². The summed E-state index contributed by atoms with van der Waals surface area (Å²) in [6, 6.07) is 44.5. The van der Waals surface area contributed by atoms with Gasteiger partial charge in [0.1, 0.15) is 0 Å². The molecule has 1 aliphatic heterocycles. The summed E-state index contributed by atoms with van der Waals surface area (Å²) < 4.78 is 0. The van der Waals surface area contributed by atoms with E-state index in [1.807, 2.05) is 0 Å². The van der Waals surface area contributed by atoms with Gasteiger partial charge in [0.2, 0.25) is 0 Å². The van der Waals surface area contributed by atoms with E-state index in [1.54, 1.807) is 0 Å². The minimum absolute atomic E-state index is 0.0148. The number of benzene rings is 6. The predicted octanol–water partition coefficient (Wildman–Crippen LogP) is 16.1. The molecule has 3 heteroatoms. The van der Waals surface area contributed by atoms with Gasteiger partial charge in [0.15, 0.2) is 7.28 Å². The van der Waals surface area contributed by atoms with Crippen molar-refractivity contribution in [1.82, 2.24) is 0 Å². The van der Waals surface area contributed by atoms with Gasteiger partial charge in [-0.2, -0.15) is 0 Å². The van der Waals surface area contributed by atoms with Crippen LogP contribution in [0.2, 0.25) is 0 Å². The van der Waals surface area contributed by atoms with Crippen molar-refractivity contribution in [3.8, 4) is 22.3 Å². The third-order valence-electron chi connectivity index (χ3n) is 15.3. The van der Waals surface area contributed by atoms with Gasteiger partial charge in [0.05, 0.1) is 0 Å². The van der Waals surface area contributed by atoms with Gasteiger partial charge >= 0.3 is 0 Å². The summed E-state index contributed by atoms with van der Waals surface area (Å²) in [7, 11) is 2.49.